The molecule has 0 aliphatic rings. The lowest BCUT2D eigenvalue weighted by Gasteiger charge is -2.26. The fourth-order valence-corrected chi connectivity index (χ4v) is 2.34. The van der Waals surface area contributed by atoms with E-state index >= 15 is 0 Å². The van der Waals surface area contributed by atoms with Gasteiger partial charge in [0.1, 0.15) is 5.82 Å². The van der Waals surface area contributed by atoms with E-state index in [0.717, 1.165) is 31.4 Å². The van der Waals surface area contributed by atoms with Crippen LogP contribution in [-0.4, -0.2) is 30.9 Å². The van der Waals surface area contributed by atoms with Crippen molar-refractivity contribution in [3.8, 4) is 0 Å². The molecule has 0 saturated heterocycles. The molecule has 0 spiro atoms. The highest BCUT2D eigenvalue weighted by Gasteiger charge is 2.19. The van der Waals surface area contributed by atoms with Crippen molar-refractivity contribution in [2.45, 2.75) is 39.7 Å². The number of amides is 1. The van der Waals surface area contributed by atoms with Crippen molar-refractivity contribution >= 4 is 5.91 Å². The number of unbranched alkanes of at least 4 members (excludes halogenated alkanes) is 2. The second-order valence-corrected chi connectivity index (χ2v) is 5.55. The summed E-state index contributed by atoms with van der Waals surface area (Å²) in [5, 5.41) is 3.04. The van der Waals surface area contributed by atoms with Gasteiger partial charge < -0.3 is 10.2 Å². The van der Waals surface area contributed by atoms with Gasteiger partial charge >= 0.3 is 0 Å². The van der Waals surface area contributed by atoms with E-state index < -0.39 is 0 Å². The number of carbonyl (C=O) groups is 1. The first-order valence-corrected chi connectivity index (χ1v) is 7.76. The van der Waals surface area contributed by atoms with E-state index in [9.17, 15) is 9.18 Å². The van der Waals surface area contributed by atoms with Crippen LogP contribution in [0.4, 0.5) is 4.39 Å². The number of carbonyl (C=O) groups excluding carboxylic acids is 1. The first-order valence-electron chi connectivity index (χ1n) is 7.76. The van der Waals surface area contributed by atoms with Gasteiger partial charge in [-0.05, 0) is 31.2 Å². The predicted molar refractivity (Wildman–Crippen MR) is 84.4 cm³/mol. The van der Waals surface area contributed by atoms with Crippen molar-refractivity contribution in [1.29, 1.82) is 0 Å². The van der Waals surface area contributed by atoms with E-state index in [0.29, 0.717) is 13.1 Å². The molecule has 0 bridgehead atoms. The first kappa shape index (κ1) is 17.6. The van der Waals surface area contributed by atoms with Crippen molar-refractivity contribution in [1.82, 2.24) is 10.2 Å². The zero-order valence-electron chi connectivity index (χ0n) is 13.4. The molecule has 0 aliphatic carbocycles. The summed E-state index contributed by atoms with van der Waals surface area (Å²) in [7, 11) is 1.85. The van der Waals surface area contributed by atoms with Gasteiger partial charge in [-0.2, -0.15) is 0 Å². The molecule has 1 atom stereocenters. The first-order chi connectivity index (χ1) is 10.1. The molecule has 1 amide bonds. The molecule has 1 rings (SSSR count). The zero-order chi connectivity index (χ0) is 15.7. The van der Waals surface area contributed by atoms with Crippen molar-refractivity contribution in [3.05, 3.63) is 35.6 Å². The van der Waals surface area contributed by atoms with Gasteiger partial charge in [0.15, 0.2) is 0 Å². The third-order valence-electron chi connectivity index (χ3n) is 3.56. The van der Waals surface area contributed by atoms with Gasteiger partial charge in [-0.3, -0.25) is 4.79 Å². The molecular formula is C17H27FN2O. The molecule has 0 aliphatic heterocycles. The summed E-state index contributed by atoms with van der Waals surface area (Å²) >= 11 is 0. The molecule has 0 radical (unpaired) electrons. The molecular weight excluding hydrogens is 267 g/mol. The van der Waals surface area contributed by atoms with E-state index in [1.54, 1.807) is 12.1 Å². The molecule has 21 heavy (non-hydrogen) atoms. The number of benzene rings is 1. The molecule has 3 nitrogen and oxygen atoms in total. The minimum Gasteiger partial charge on any atom is -0.338 e. The van der Waals surface area contributed by atoms with Crippen LogP contribution in [-0.2, 0) is 11.3 Å². The molecule has 1 unspecified atom stereocenters. The van der Waals surface area contributed by atoms with Crippen LogP contribution in [0, 0.1) is 11.7 Å². The maximum atomic E-state index is 13.0. The molecule has 0 saturated carbocycles. The molecule has 1 aromatic carbocycles. The lowest BCUT2D eigenvalue weighted by atomic mass is 10.1. The molecule has 1 aromatic rings. The summed E-state index contributed by atoms with van der Waals surface area (Å²) in [6.07, 6.45) is 3.26. The Morgan fingerprint density at radius 1 is 1.29 bits per heavy atom. The Morgan fingerprint density at radius 3 is 2.52 bits per heavy atom. The summed E-state index contributed by atoms with van der Waals surface area (Å²) in [5.41, 5.74) is 0.970. The zero-order valence-corrected chi connectivity index (χ0v) is 13.4. The molecule has 0 aromatic heterocycles. The van der Waals surface area contributed by atoms with Crippen molar-refractivity contribution in [3.63, 3.8) is 0 Å². The lowest BCUT2D eigenvalue weighted by Crippen LogP contribution is -2.38. The number of hydrogen-bond donors (Lipinski definition) is 1. The quantitative estimate of drug-likeness (QED) is 0.709. The van der Waals surface area contributed by atoms with Gasteiger partial charge in [0.05, 0.1) is 0 Å². The third kappa shape index (κ3) is 6.25. The largest absolute Gasteiger partial charge is 0.338 e. The summed E-state index contributed by atoms with van der Waals surface area (Å²) in [6.45, 7) is 6.08. The minimum atomic E-state index is -0.244. The second-order valence-electron chi connectivity index (χ2n) is 5.55. The van der Waals surface area contributed by atoms with Crippen LogP contribution in [0.1, 0.15) is 38.7 Å². The summed E-state index contributed by atoms with van der Waals surface area (Å²) in [6, 6.07) is 6.39. The second kappa shape index (κ2) is 9.50. The number of nitrogens with zero attached hydrogens (tertiary/aromatic N) is 1. The predicted octanol–water partition coefficient (Wildman–Crippen LogP) is 3.20. The summed E-state index contributed by atoms with van der Waals surface area (Å²) in [5.74, 6) is -0.131. The van der Waals surface area contributed by atoms with Crippen LogP contribution in [0.2, 0.25) is 0 Å². The molecule has 4 heteroatoms. The topological polar surface area (TPSA) is 32.3 Å². The lowest BCUT2D eigenvalue weighted by molar-refractivity contribution is -0.135. The van der Waals surface area contributed by atoms with Gasteiger partial charge in [-0.25, -0.2) is 4.39 Å². The smallest absolute Gasteiger partial charge is 0.226 e. The van der Waals surface area contributed by atoms with Crippen LogP contribution < -0.4 is 5.32 Å². The molecule has 0 fully saturated rings. The number of rotatable bonds is 9. The standard InChI is InChI=1S/C17H27FN2O/c1-4-5-6-11-20(17(21)14(2)12-19-3)13-15-7-9-16(18)10-8-15/h7-10,14,19H,4-6,11-13H2,1-3H3. The van der Waals surface area contributed by atoms with Crippen molar-refractivity contribution in [2.24, 2.45) is 5.92 Å². The van der Waals surface area contributed by atoms with E-state index in [2.05, 4.69) is 12.2 Å². The fraction of sp³-hybridized carbons (Fsp3) is 0.588. The van der Waals surface area contributed by atoms with Crippen LogP contribution in [0.3, 0.4) is 0 Å². The van der Waals surface area contributed by atoms with Crippen LogP contribution in [0.15, 0.2) is 24.3 Å². The van der Waals surface area contributed by atoms with Gasteiger partial charge in [0, 0.05) is 25.6 Å². The number of hydrogen-bond acceptors (Lipinski definition) is 2. The fourth-order valence-electron chi connectivity index (χ4n) is 2.34. The normalized spacial score (nSPS) is 12.2. The Morgan fingerprint density at radius 2 is 1.95 bits per heavy atom. The highest BCUT2D eigenvalue weighted by Crippen LogP contribution is 2.12. The summed E-state index contributed by atoms with van der Waals surface area (Å²) in [4.78, 5) is 14.4. The van der Waals surface area contributed by atoms with Gasteiger partial charge in [0.2, 0.25) is 5.91 Å². The minimum absolute atomic E-state index is 0.0444. The Hall–Kier alpha value is -1.42. The van der Waals surface area contributed by atoms with E-state index in [4.69, 9.17) is 0 Å². The SMILES string of the molecule is CCCCCN(Cc1ccc(F)cc1)C(=O)C(C)CNC. The third-order valence-corrected chi connectivity index (χ3v) is 3.56. The number of nitrogens with one attached hydrogen (secondary N) is 1. The maximum absolute atomic E-state index is 13.0. The molecule has 118 valence electrons. The average Bonchev–Trinajstić information content (AvgIpc) is 2.48. The van der Waals surface area contributed by atoms with Crippen LogP contribution in [0.5, 0.6) is 0 Å². The maximum Gasteiger partial charge on any atom is 0.226 e. The Balaban J connectivity index is 2.71. The van der Waals surface area contributed by atoms with Crippen molar-refractivity contribution < 1.29 is 9.18 Å². The monoisotopic (exact) mass is 294 g/mol. The molecule has 1 N–H and O–H groups in total. The molecule has 0 heterocycles. The highest BCUT2D eigenvalue weighted by molar-refractivity contribution is 5.78. The Bertz CT molecular complexity index is 419. The van der Waals surface area contributed by atoms with Gasteiger partial charge in [-0.15, -0.1) is 0 Å². The van der Waals surface area contributed by atoms with Crippen molar-refractivity contribution in [2.75, 3.05) is 20.1 Å². The highest BCUT2D eigenvalue weighted by atomic mass is 19.1. The summed E-state index contributed by atoms with van der Waals surface area (Å²) < 4.78 is 13.0. The van der Waals surface area contributed by atoms with E-state index in [-0.39, 0.29) is 17.6 Å². The van der Waals surface area contributed by atoms with Gasteiger partial charge in [0.25, 0.3) is 0 Å². The Kier molecular flexibility index (Phi) is 7.98. The number of halogens is 1. The van der Waals surface area contributed by atoms with E-state index in [1.807, 2.05) is 18.9 Å². The average molecular weight is 294 g/mol. The van der Waals surface area contributed by atoms with E-state index in [1.165, 1.54) is 12.1 Å². The van der Waals surface area contributed by atoms with Crippen LogP contribution in [0.25, 0.3) is 0 Å². The van der Waals surface area contributed by atoms with Crippen LogP contribution >= 0.6 is 0 Å². The van der Waals surface area contributed by atoms with Gasteiger partial charge in [-0.1, -0.05) is 38.8 Å². The Labute approximate surface area is 127 Å².